The minimum Gasteiger partial charge on any atom is -0.309 e. The van der Waals surface area contributed by atoms with E-state index in [0.29, 0.717) is 12.4 Å². The fraction of sp³-hybridized carbons (Fsp3) is 0.312. The topological polar surface area (TPSA) is 90.5 Å². The summed E-state index contributed by atoms with van der Waals surface area (Å²) in [4.78, 5) is 12.5. The van der Waals surface area contributed by atoms with Crippen LogP contribution in [0.5, 0.6) is 0 Å². The highest BCUT2D eigenvalue weighted by Crippen LogP contribution is 2.18. The summed E-state index contributed by atoms with van der Waals surface area (Å²) in [5.74, 6) is 0.484. The molecule has 0 saturated heterocycles. The van der Waals surface area contributed by atoms with Crippen molar-refractivity contribution in [3.63, 3.8) is 0 Å². The van der Waals surface area contributed by atoms with Gasteiger partial charge in [-0.05, 0) is 36.8 Å². The van der Waals surface area contributed by atoms with Gasteiger partial charge in [-0.25, -0.2) is 9.36 Å². The molecule has 0 aliphatic heterocycles. The Morgan fingerprint density at radius 3 is 2.88 bits per heavy atom. The van der Waals surface area contributed by atoms with E-state index in [4.69, 9.17) is 0 Å². The van der Waals surface area contributed by atoms with Crippen molar-refractivity contribution in [2.45, 2.75) is 33.4 Å². The molecular formula is C16H19N7O. The van der Waals surface area contributed by atoms with Crippen LogP contribution in [0.15, 0.2) is 36.8 Å². The first-order valence-corrected chi connectivity index (χ1v) is 7.66. The lowest BCUT2D eigenvalue weighted by molar-refractivity contribution is -0.119. The fourth-order valence-corrected chi connectivity index (χ4v) is 2.43. The van der Waals surface area contributed by atoms with Gasteiger partial charge in [0, 0.05) is 5.56 Å². The molecule has 0 saturated carbocycles. The van der Waals surface area contributed by atoms with Crippen LogP contribution < -0.4 is 5.32 Å². The number of tetrazole rings is 1. The molecular weight excluding hydrogens is 306 g/mol. The standard InChI is InChI=1S/C16H19N7O/c1-11-5-4-6-14(7-11)9-22-15(12(2)8-18-22)19-16(24)13(3)23-10-17-20-21-23/h4-8,10,13H,9H2,1-3H3,(H,19,24)/t13-/m0/s1. The second kappa shape index (κ2) is 6.61. The molecule has 0 aliphatic rings. The first-order valence-electron chi connectivity index (χ1n) is 7.66. The van der Waals surface area contributed by atoms with Gasteiger partial charge in [0.1, 0.15) is 18.2 Å². The Morgan fingerprint density at radius 1 is 1.33 bits per heavy atom. The third kappa shape index (κ3) is 3.32. The van der Waals surface area contributed by atoms with Crippen molar-refractivity contribution in [3.05, 3.63) is 53.5 Å². The van der Waals surface area contributed by atoms with Gasteiger partial charge in [-0.2, -0.15) is 5.10 Å². The van der Waals surface area contributed by atoms with E-state index in [1.807, 2.05) is 32.0 Å². The summed E-state index contributed by atoms with van der Waals surface area (Å²) >= 11 is 0. The van der Waals surface area contributed by atoms with Crippen LogP contribution in [0.3, 0.4) is 0 Å². The molecule has 124 valence electrons. The Balaban J connectivity index is 1.79. The van der Waals surface area contributed by atoms with E-state index in [-0.39, 0.29) is 5.91 Å². The maximum atomic E-state index is 12.5. The lowest BCUT2D eigenvalue weighted by Crippen LogP contribution is -2.26. The first-order chi connectivity index (χ1) is 11.5. The highest BCUT2D eigenvalue weighted by molar-refractivity contribution is 5.93. The van der Waals surface area contributed by atoms with Crippen LogP contribution in [0, 0.1) is 13.8 Å². The molecule has 0 bridgehead atoms. The van der Waals surface area contributed by atoms with E-state index >= 15 is 0 Å². The van der Waals surface area contributed by atoms with Gasteiger partial charge in [0.05, 0.1) is 12.7 Å². The average Bonchev–Trinajstić information content (AvgIpc) is 3.19. The Kier molecular flexibility index (Phi) is 4.37. The molecule has 0 fully saturated rings. The summed E-state index contributed by atoms with van der Waals surface area (Å²) in [6, 6.07) is 7.70. The molecule has 24 heavy (non-hydrogen) atoms. The van der Waals surface area contributed by atoms with Gasteiger partial charge in [0.15, 0.2) is 0 Å². The number of hydrogen-bond acceptors (Lipinski definition) is 5. The summed E-state index contributed by atoms with van der Waals surface area (Å²) in [6.07, 6.45) is 3.16. The van der Waals surface area contributed by atoms with Crippen molar-refractivity contribution < 1.29 is 4.79 Å². The number of hydrogen-bond donors (Lipinski definition) is 1. The van der Waals surface area contributed by atoms with Crippen molar-refractivity contribution in [1.82, 2.24) is 30.0 Å². The molecule has 1 amide bonds. The second-order valence-electron chi connectivity index (χ2n) is 5.78. The monoisotopic (exact) mass is 325 g/mol. The molecule has 1 aromatic carbocycles. The number of anilines is 1. The van der Waals surface area contributed by atoms with E-state index in [9.17, 15) is 4.79 Å². The van der Waals surface area contributed by atoms with E-state index in [1.165, 1.54) is 16.6 Å². The quantitative estimate of drug-likeness (QED) is 0.771. The van der Waals surface area contributed by atoms with Gasteiger partial charge < -0.3 is 5.32 Å². The second-order valence-corrected chi connectivity index (χ2v) is 5.78. The average molecular weight is 325 g/mol. The van der Waals surface area contributed by atoms with E-state index < -0.39 is 6.04 Å². The summed E-state index contributed by atoms with van der Waals surface area (Å²) < 4.78 is 3.19. The van der Waals surface area contributed by atoms with Crippen LogP contribution in [-0.4, -0.2) is 35.9 Å². The van der Waals surface area contributed by atoms with Crippen LogP contribution >= 0.6 is 0 Å². The Morgan fingerprint density at radius 2 is 2.17 bits per heavy atom. The number of benzene rings is 1. The van der Waals surface area contributed by atoms with Crippen LogP contribution in [0.1, 0.15) is 29.7 Å². The molecule has 2 heterocycles. The predicted octanol–water partition coefficient (Wildman–Crippen LogP) is 1.73. The molecule has 8 nitrogen and oxygen atoms in total. The Bertz CT molecular complexity index is 838. The summed E-state index contributed by atoms with van der Waals surface area (Å²) in [5.41, 5.74) is 3.22. The predicted molar refractivity (Wildman–Crippen MR) is 88.4 cm³/mol. The van der Waals surface area contributed by atoms with Gasteiger partial charge in [-0.3, -0.25) is 4.79 Å². The number of carbonyl (C=O) groups is 1. The Hall–Kier alpha value is -3.03. The smallest absolute Gasteiger partial charge is 0.250 e. The highest BCUT2D eigenvalue weighted by Gasteiger charge is 2.19. The number of carbonyl (C=O) groups excluding carboxylic acids is 1. The zero-order chi connectivity index (χ0) is 17.1. The SMILES string of the molecule is Cc1cccc(Cn2ncc(C)c2NC(=O)[C@H](C)n2cnnn2)c1. The number of nitrogens with zero attached hydrogens (tertiary/aromatic N) is 6. The first kappa shape index (κ1) is 15.9. The third-order valence-corrected chi connectivity index (χ3v) is 3.82. The fourth-order valence-electron chi connectivity index (χ4n) is 2.43. The van der Waals surface area contributed by atoms with E-state index in [0.717, 1.165) is 11.1 Å². The van der Waals surface area contributed by atoms with Crippen LogP contribution in [0.25, 0.3) is 0 Å². The molecule has 1 N–H and O–H groups in total. The molecule has 3 aromatic rings. The van der Waals surface area contributed by atoms with Crippen molar-refractivity contribution in [3.8, 4) is 0 Å². The van der Waals surface area contributed by atoms with Crippen molar-refractivity contribution in [2.75, 3.05) is 5.32 Å². The molecule has 2 aromatic heterocycles. The summed E-state index contributed by atoms with van der Waals surface area (Å²) in [5, 5.41) is 18.2. The van der Waals surface area contributed by atoms with Crippen molar-refractivity contribution in [2.24, 2.45) is 0 Å². The van der Waals surface area contributed by atoms with Gasteiger partial charge in [-0.1, -0.05) is 29.8 Å². The van der Waals surface area contributed by atoms with Gasteiger partial charge in [0.25, 0.3) is 0 Å². The largest absolute Gasteiger partial charge is 0.309 e. The molecule has 0 radical (unpaired) electrons. The number of rotatable bonds is 5. The van der Waals surface area contributed by atoms with Crippen molar-refractivity contribution in [1.29, 1.82) is 0 Å². The van der Waals surface area contributed by atoms with Gasteiger partial charge in [-0.15, -0.1) is 5.10 Å². The zero-order valence-corrected chi connectivity index (χ0v) is 13.8. The lowest BCUT2D eigenvalue weighted by atomic mass is 10.1. The highest BCUT2D eigenvalue weighted by atomic mass is 16.2. The molecule has 8 heteroatoms. The summed E-state index contributed by atoms with van der Waals surface area (Å²) in [7, 11) is 0. The number of nitrogens with one attached hydrogen (secondary N) is 1. The molecule has 0 unspecified atom stereocenters. The van der Waals surface area contributed by atoms with E-state index in [2.05, 4.69) is 32.0 Å². The van der Waals surface area contributed by atoms with Crippen LogP contribution in [0.2, 0.25) is 0 Å². The van der Waals surface area contributed by atoms with Crippen LogP contribution in [0.4, 0.5) is 5.82 Å². The maximum absolute atomic E-state index is 12.5. The van der Waals surface area contributed by atoms with Crippen LogP contribution in [-0.2, 0) is 11.3 Å². The van der Waals surface area contributed by atoms with E-state index in [1.54, 1.807) is 17.8 Å². The normalized spacial score (nSPS) is 12.1. The summed E-state index contributed by atoms with van der Waals surface area (Å²) in [6.45, 7) is 6.29. The molecule has 0 aliphatic carbocycles. The molecule has 0 spiro atoms. The number of aromatic nitrogens is 6. The minimum absolute atomic E-state index is 0.198. The van der Waals surface area contributed by atoms with Gasteiger partial charge in [0.2, 0.25) is 5.91 Å². The Labute approximate surface area is 139 Å². The maximum Gasteiger partial charge on any atom is 0.250 e. The minimum atomic E-state index is -0.512. The lowest BCUT2D eigenvalue weighted by Gasteiger charge is -2.14. The number of amides is 1. The van der Waals surface area contributed by atoms with Crippen molar-refractivity contribution >= 4 is 11.7 Å². The van der Waals surface area contributed by atoms with Gasteiger partial charge >= 0.3 is 0 Å². The molecule has 3 rings (SSSR count). The number of aryl methyl sites for hydroxylation is 2. The molecule has 1 atom stereocenters. The third-order valence-electron chi connectivity index (χ3n) is 3.82. The zero-order valence-electron chi connectivity index (χ0n) is 13.8.